The smallest absolute Gasteiger partial charge is 0.306 e. The first-order valence-corrected chi connectivity index (χ1v) is 9.74. The molecule has 0 amide bonds. The number of H-pyrrole nitrogens is 1. The highest BCUT2D eigenvalue weighted by molar-refractivity contribution is 5.71. The van der Waals surface area contributed by atoms with Crippen LogP contribution in [0.5, 0.6) is 11.5 Å². The molecule has 0 bridgehead atoms. The number of rotatable bonds is 8. The third kappa shape index (κ3) is 5.29. The first-order valence-electron chi connectivity index (χ1n) is 9.74. The van der Waals surface area contributed by atoms with E-state index in [0.29, 0.717) is 23.6 Å². The van der Waals surface area contributed by atoms with Gasteiger partial charge in [-0.25, -0.2) is 0 Å². The van der Waals surface area contributed by atoms with Crippen LogP contribution in [0.2, 0.25) is 0 Å². The average molecular weight is 407 g/mol. The molecule has 30 heavy (non-hydrogen) atoms. The number of nitrogens with one attached hydrogen (secondary N) is 1. The van der Waals surface area contributed by atoms with Gasteiger partial charge in [0.05, 0.1) is 25.7 Å². The second-order valence-electron chi connectivity index (χ2n) is 7.07. The van der Waals surface area contributed by atoms with Crippen LogP contribution in [0.4, 0.5) is 0 Å². The Morgan fingerprint density at radius 1 is 1.10 bits per heavy atom. The van der Waals surface area contributed by atoms with Crippen molar-refractivity contribution >= 4 is 5.97 Å². The molecule has 2 N–H and O–H groups in total. The molecule has 6 heteroatoms. The van der Waals surface area contributed by atoms with Crippen molar-refractivity contribution in [3.05, 3.63) is 93.4 Å². The number of carbonyl (C=O) groups excluding carboxylic acids is 1. The number of pyridine rings is 1. The summed E-state index contributed by atoms with van der Waals surface area (Å²) < 4.78 is 10.6. The monoisotopic (exact) mass is 407 g/mol. The lowest BCUT2D eigenvalue weighted by Gasteiger charge is -2.18. The van der Waals surface area contributed by atoms with Crippen LogP contribution >= 0.6 is 0 Å². The molecule has 0 fully saturated rings. The lowest BCUT2D eigenvalue weighted by atomic mass is 9.88. The van der Waals surface area contributed by atoms with E-state index < -0.39 is 17.4 Å². The van der Waals surface area contributed by atoms with Gasteiger partial charge in [-0.3, -0.25) is 9.59 Å². The molecule has 0 saturated carbocycles. The summed E-state index contributed by atoms with van der Waals surface area (Å²) >= 11 is 0. The number of carbonyl (C=O) groups is 1. The van der Waals surface area contributed by atoms with Gasteiger partial charge in [-0.05, 0) is 36.2 Å². The average Bonchev–Trinajstić information content (AvgIpc) is 2.73. The second kappa shape index (κ2) is 9.78. The molecule has 0 aliphatic carbocycles. The summed E-state index contributed by atoms with van der Waals surface area (Å²) in [7, 11) is 1.29. The van der Waals surface area contributed by atoms with Crippen LogP contribution in [0, 0.1) is 6.92 Å². The molecule has 3 rings (SSSR count). The van der Waals surface area contributed by atoms with E-state index in [1.54, 1.807) is 31.2 Å². The number of aromatic amines is 1. The quantitative estimate of drug-likeness (QED) is 0.556. The first-order chi connectivity index (χ1) is 14.5. The zero-order chi connectivity index (χ0) is 21.5. The van der Waals surface area contributed by atoms with E-state index in [1.807, 2.05) is 18.2 Å². The Hall–Kier alpha value is -3.54. The molecule has 1 unspecified atom stereocenters. The zero-order valence-corrected chi connectivity index (χ0v) is 17.1. The van der Waals surface area contributed by atoms with Crippen molar-refractivity contribution in [1.82, 2.24) is 4.98 Å². The van der Waals surface area contributed by atoms with E-state index in [1.165, 1.54) is 18.7 Å². The minimum atomic E-state index is -0.639. The van der Waals surface area contributed by atoms with Gasteiger partial charge in [0.1, 0.15) is 11.5 Å². The Kier molecular flexibility index (Phi) is 6.91. The predicted octanol–water partition coefficient (Wildman–Crippen LogP) is 3.71. The summed E-state index contributed by atoms with van der Waals surface area (Å²) in [6.45, 7) is 2.22. The number of hydrogen-bond acceptors (Lipinski definition) is 5. The fraction of sp³-hybridized carbons (Fsp3) is 0.250. The maximum Gasteiger partial charge on any atom is 0.306 e. The number of aryl methyl sites for hydroxylation is 1. The molecule has 0 aliphatic rings. The highest BCUT2D eigenvalue weighted by Gasteiger charge is 2.25. The SMILES string of the molecule is COC(=O)CC(c1ccc(OCCc2ccccc2)cc1)c1c(O)cc(C)[nH]c1=O. The second-order valence-corrected chi connectivity index (χ2v) is 7.07. The van der Waals surface area contributed by atoms with Gasteiger partial charge >= 0.3 is 5.97 Å². The van der Waals surface area contributed by atoms with Gasteiger partial charge in [-0.1, -0.05) is 42.5 Å². The standard InChI is InChI=1S/C24H25NO5/c1-16-14-21(26)23(24(28)25-16)20(15-22(27)29-2)18-8-10-19(11-9-18)30-13-12-17-6-4-3-5-7-17/h3-11,14,20H,12-13,15H2,1-2H3,(H2,25,26,28). The molecule has 6 nitrogen and oxygen atoms in total. The van der Waals surface area contributed by atoms with Crippen LogP contribution in [0.25, 0.3) is 0 Å². The lowest BCUT2D eigenvalue weighted by Crippen LogP contribution is -2.20. The summed E-state index contributed by atoms with van der Waals surface area (Å²) in [6, 6.07) is 18.7. The largest absolute Gasteiger partial charge is 0.507 e. The molecular weight excluding hydrogens is 382 g/mol. The number of benzene rings is 2. The van der Waals surface area contributed by atoms with Gasteiger partial charge in [0, 0.05) is 18.0 Å². The van der Waals surface area contributed by atoms with E-state index in [0.717, 1.165) is 6.42 Å². The number of hydrogen-bond donors (Lipinski definition) is 2. The topological polar surface area (TPSA) is 88.6 Å². The van der Waals surface area contributed by atoms with Gasteiger partial charge < -0.3 is 19.6 Å². The minimum absolute atomic E-state index is 0.0651. The van der Waals surface area contributed by atoms with E-state index in [2.05, 4.69) is 17.1 Å². The number of methoxy groups -OCH3 is 1. The highest BCUT2D eigenvalue weighted by atomic mass is 16.5. The molecule has 156 valence electrons. The normalized spacial score (nSPS) is 11.7. The van der Waals surface area contributed by atoms with E-state index in [4.69, 9.17) is 9.47 Å². The van der Waals surface area contributed by atoms with Crippen molar-refractivity contribution in [1.29, 1.82) is 0 Å². The fourth-order valence-corrected chi connectivity index (χ4v) is 3.38. The van der Waals surface area contributed by atoms with Gasteiger partial charge in [0.25, 0.3) is 5.56 Å². The third-order valence-electron chi connectivity index (χ3n) is 4.92. The predicted molar refractivity (Wildman–Crippen MR) is 114 cm³/mol. The molecule has 0 saturated heterocycles. The van der Waals surface area contributed by atoms with Crippen molar-refractivity contribution in [2.24, 2.45) is 0 Å². The number of aromatic nitrogens is 1. The summed E-state index contributed by atoms with van der Waals surface area (Å²) in [5.41, 5.74) is 2.16. The van der Waals surface area contributed by atoms with Crippen molar-refractivity contribution in [2.45, 2.75) is 25.7 Å². The molecule has 1 atom stereocenters. The Morgan fingerprint density at radius 3 is 2.43 bits per heavy atom. The molecule has 0 radical (unpaired) electrons. The van der Waals surface area contributed by atoms with E-state index in [9.17, 15) is 14.7 Å². The maximum atomic E-state index is 12.5. The summed E-state index contributed by atoms with van der Waals surface area (Å²) in [5, 5.41) is 10.4. The first kappa shape index (κ1) is 21.2. The molecular formula is C24H25NO5. The van der Waals surface area contributed by atoms with Gasteiger partial charge in [-0.15, -0.1) is 0 Å². The van der Waals surface area contributed by atoms with Crippen LogP contribution < -0.4 is 10.3 Å². The Morgan fingerprint density at radius 2 is 1.80 bits per heavy atom. The van der Waals surface area contributed by atoms with Crippen LogP contribution in [-0.4, -0.2) is 29.8 Å². The number of ether oxygens (including phenoxy) is 2. The van der Waals surface area contributed by atoms with Crippen LogP contribution in [-0.2, 0) is 16.0 Å². The maximum absolute atomic E-state index is 12.5. The summed E-state index contributed by atoms with van der Waals surface area (Å²) in [6.07, 6.45) is 0.727. The molecule has 0 spiro atoms. The van der Waals surface area contributed by atoms with Crippen molar-refractivity contribution in [2.75, 3.05) is 13.7 Å². The molecule has 2 aromatic carbocycles. The van der Waals surface area contributed by atoms with E-state index >= 15 is 0 Å². The molecule has 0 aliphatic heterocycles. The highest BCUT2D eigenvalue weighted by Crippen LogP contribution is 2.32. The Labute approximate surface area is 175 Å². The number of esters is 1. The van der Waals surface area contributed by atoms with Gasteiger partial charge in [0.15, 0.2) is 0 Å². The van der Waals surface area contributed by atoms with Crippen LogP contribution in [0.15, 0.2) is 65.5 Å². The van der Waals surface area contributed by atoms with Crippen LogP contribution in [0.1, 0.15) is 34.7 Å². The molecule has 1 heterocycles. The third-order valence-corrected chi connectivity index (χ3v) is 4.92. The van der Waals surface area contributed by atoms with Crippen molar-refractivity contribution < 1.29 is 19.4 Å². The summed E-state index contributed by atoms with van der Waals surface area (Å²) in [4.78, 5) is 27.1. The van der Waals surface area contributed by atoms with E-state index in [-0.39, 0.29) is 17.7 Å². The Bertz CT molecular complexity index is 1040. The van der Waals surface area contributed by atoms with Crippen molar-refractivity contribution in [3.63, 3.8) is 0 Å². The number of aromatic hydroxyl groups is 1. The van der Waals surface area contributed by atoms with Crippen molar-refractivity contribution in [3.8, 4) is 11.5 Å². The van der Waals surface area contributed by atoms with Gasteiger partial charge in [0.2, 0.25) is 0 Å². The Balaban J connectivity index is 1.79. The molecule has 1 aromatic heterocycles. The molecule has 3 aromatic rings. The van der Waals surface area contributed by atoms with Gasteiger partial charge in [-0.2, -0.15) is 0 Å². The van der Waals surface area contributed by atoms with Crippen LogP contribution in [0.3, 0.4) is 0 Å². The summed E-state index contributed by atoms with van der Waals surface area (Å²) in [5.74, 6) is -0.565. The minimum Gasteiger partial charge on any atom is -0.507 e. The zero-order valence-electron chi connectivity index (χ0n) is 17.1. The fourth-order valence-electron chi connectivity index (χ4n) is 3.38. The lowest BCUT2D eigenvalue weighted by molar-refractivity contribution is -0.140.